The zero-order valence-corrected chi connectivity index (χ0v) is 11.9. The van der Waals surface area contributed by atoms with E-state index in [1.165, 1.54) is 19.2 Å². The van der Waals surface area contributed by atoms with Gasteiger partial charge in [-0.05, 0) is 36.8 Å². The van der Waals surface area contributed by atoms with Gasteiger partial charge in [-0.15, -0.1) is 0 Å². The van der Waals surface area contributed by atoms with Gasteiger partial charge in [0.25, 0.3) is 5.91 Å². The fourth-order valence-electron chi connectivity index (χ4n) is 1.80. The Balaban J connectivity index is 1.91. The van der Waals surface area contributed by atoms with Crippen molar-refractivity contribution >= 4 is 11.6 Å². The second-order valence-electron chi connectivity index (χ2n) is 4.50. The molecule has 0 radical (unpaired) electrons. The summed E-state index contributed by atoms with van der Waals surface area (Å²) in [6, 6.07) is 11.6. The molecule has 0 aromatic heterocycles. The Morgan fingerprint density at radius 1 is 1.24 bits per heavy atom. The first-order chi connectivity index (χ1) is 10.1. The summed E-state index contributed by atoms with van der Waals surface area (Å²) in [5, 5.41) is 2.56. The third-order valence-corrected chi connectivity index (χ3v) is 2.80. The van der Waals surface area contributed by atoms with Crippen LogP contribution in [0.3, 0.4) is 0 Å². The van der Waals surface area contributed by atoms with Crippen LogP contribution in [0.25, 0.3) is 0 Å². The molecule has 0 atom stereocenters. The number of hydrogen-bond acceptors (Lipinski definition) is 3. The molecule has 0 bridgehead atoms. The number of amides is 1. The summed E-state index contributed by atoms with van der Waals surface area (Å²) in [7, 11) is 1.38. The molecule has 2 aromatic rings. The summed E-state index contributed by atoms with van der Waals surface area (Å²) in [6.07, 6.45) is 0. The van der Waals surface area contributed by atoms with Crippen LogP contribution in [0.2, 0.25) is 0 Å². The molecular weight excluding hydrogens is 273 g/mol. The van der Waals surface area contributed by atoms with Crippen LogP contribution >= 0.6 is 0 Å². The lowest BCUT2D eigenvalue weighted by molar-refractivity contribution is -0.118. The molecule has 0 aliphatic rings. The number of carbonyl (C=O) groups is 1. The van der Waals surface area contributed by atoms with Crippen LogP contribution in [-0.4, -0.2) is 19.6 Å². The second kappa shape index (κ2) is 6.74. The Morgan fingerprint density at radius 3 is 2.71 bits per heavy atom. The maximum atomic E-state index is 13.5. The summed E-state index contributed by atoms with van der Waals surface area (Å²) in [5.74, 6) is -0.147. The van der Waals surface area contributed by atoms with Gasteiger partial charge < -0.3 is 14.8 Å². The van der Waals surface area contributed by atoms with Crippen LogP contribution < -0.4 is 14.8 Å². The van der Waals surface area contributed by atoms with E-state index in [9.17, 15) is 9.18 Å². The highest BCUT2D eigenvalue weighted by Crippen LogP contribution is 2.20. The molecule has 0 saturated carbocycles. The van der Waals surface area contributed by atoms with Crippen molar-refractivity contribution in [3.8, 4) is 11.5 Å². The van der Waals surface area contributed by atoms with E-state index in [2.05, 4.69) is 5.32 Å². The Bertz CT molecular complexity index is 643. The van der Waals surface area contributed by atoms with Crippen LogP contribution in [0, 0.1) is 12.7 Å². The van der Waals surface area contributed by atoms with Gasteiger partial charge >= 0.3 is 0 Å². The van der Waals surface area contributed by atoms with Crippen molar-refractivity contribution in [3.63, 3.8) is 0 Å². The smallest absolute Gasteiger partial charge is 0.262 e. The number of hydrogen-bond donors (Lipinski definition) is 1. The summed E-state index contributed by atoms with van der Waals surface area (Å²) in [4.78, 5) is 11.7. The van der Waals surface area contributed by atoms with Gasteiger partial charge in [-0.3, -0.25) is 4.79 Å². The number of ether oxygens (including phenoxy) is 2. The van der Waals surface area contributed by atoms with E-state index in [1.807, 2.05) is 25.1 Å². The average molecular weight is 289 g/mol. The highest BCUT2D eigenvalue weighted by molar-refractivity contribution is 5.91. The number of nitrogens with one attached hydrogen (secondary N) is 1. The third-order valence-electron chi connectivity index (χ3n) is 2.80. The zero-order valence-electron chi connectivity index (χ0n) is 11.9. The second-order valence-corrected chi connectivity index (χ2v) is 4.50. The normalized spacial score (nSPS) is 10.0. The predicted octanol–water partition coefficient (Wildman–Crippen LogP) is 3.16. The standard InChI is InChI=1S/C16H16FNO3/c1-11-4-3-5-13(8-11)21-10-16(19)18-12-6-7-15(20-2)14(17)9-12/h3-9H,10H2,1-2H3,(H,18,19). The van der Waals surface area contributed by atoms with Gasteiger partial charge in [0.15, 0.2) is 18.2 Å². The third kappa shape index (κ3) is 4.21. The van der Waals surface area contributed by atoms with E-state index in [1.54, 1.807) is 12.1 Å². The molecular formula is C16H16FNO3. The van der Waals surface area contributed by atoms with Gasteiger partial charge in [0, 0.05) is 11.8 Å². The molecule has 1 N–H and O–H groups in total. The summed E-state index contributed by atoms with van der Waals surface area (Å²) < 4.78 is 23.7. The largest absolute Gasteiger partial charge is 0.494 e. The lowest BCUT2D eigenvalue weighted by atomic mass is 10.2. The van der Waals surface area contributed by atoms with Crippen LogP contribution in [0.4, 0.5) is 10.1 Å². The molecule has 5 heteroatoms. The van der Waals surface area contributed by atoms with Crippen molar-refractivity contribution in [2.45, 2.75) is 6.92 Å². The molecule has 0 saturated heterocycles. The van der Waals surface area contributed by atoms with Crippen LogP contribution in [0.1, 0.15) is 5.56 Å². The topological polar surface area (TPSA) is 47.6 Å². The molecule has 4 nitrogen and oxygen atoms in total. The number of carbonyl (C=O) groups excluding carboxylic acids is 1. The molecule has 0 unspecified atom stereocenters. The summed E-state index contributed by atoms with van der Waals surface area (Å²) in [5.41, 5.74) is 1.40. The quantitative estimate of drug-likeness (QED) is 0.919. The fraction of sp³-hybridized carbons (Fsp3) is 0.188. The summed E-state index contributed by atoms with van der Waals surface area (Å²) in [6.45, 7) is 1.80. The van der Waals surface area contributed by atoms with Gasteiger partial charge in [0.1, 0.15) is 5.75 Å². The molecule has 2 rings (SSSR count). The molecule has 0 heterocycles. The number of methoxy groups -OCH3 is 1. The van der Waals surface area contributed by atoms with Crippen molar-refractivity contribution in [3.05, 3.63) is 53.8 Å². The monoisotopic (exact) mass is 289 g/mol. The van der Waals surface area contributed by atoms with E-state index in [0.717, 1.165) is 5.56 Å². The molecule has 1 amide bonds. The van der Waals surface area contributed by atoms with Gasteiger partial charge in [-0.1, -0.05) is 12.1 Å². The first kappa shape index (κ1) is 14.8. The van der Waals surface area contributed by atoms with Gasteiger partial charge in [-0.25, -0.2) is 4.39 Å². The van der Waals surface area contributed by atoms with Gasteiger partial charge in [0.2, 0.25) is 0 Å². The minimum absolute atomic E-state index is 0.129. The molecule has 0 fully saturated rings. The fourth-order valence-corrected chi connectivity index (χ4v) is 1.80. The minimum atomic E-state index is -0.532. The van der Waals surface area contributed by atoms with E-state index in [-0.39, 0.29) is 18.3 Å². The van der Waals surface area contributed by atoms with Gasteiger partial charge in [0.05, 0.1) is 7.11 Å². The number of halogens is 1. The predicted molar refractivity (Wildman–Crippen MR) is 78.3 cm³/mol. The van der Waals surface area contributed by atoms with E-state index in [4.69, 9.17) is 9.47 Å². The van der Waals surface area contributed by atoms with E-state index < -0.39 is 5.82 Å². The highest BCUT2D eigenvalue weighted by Gasteiger charge is 2.07. The number of rotatable bonds is 5. The lowest BCUT2D eigenvalue weighted by Gasteiger charge is -2.09. The molecule has 21 heavy (non-hydrogen) atoms. The highest BCUT2D eigenvalue weighted by atomic mass is 19.1. The first-order valence-electron chi connectivity index (χ1n) is 6.41. The first-order valence-corrected chi connectivity index (χ1v) is 6.41. The number of anilines is 1. The van der Waals surface area contributed by atoms with Crippen molar-refractivity contribution in [2.24, 2.45) is 0 Å². The average Bonchev–Trinajstić information content (AvgIpc) is 2.45. The van der Waals surface area contributed by atoms with Crippen LogP contribution in [0.5, 0.6) is 11.5 Å². The minimum Gasteiger partial charge on any atom is -0.494 e. The Morgan fingerprint density at radius 2 is 2.05 bits per heavy atom. The van der Waals surface area contributed by atoms with Crippen LogP contribution in [0.15, 0.2) is 42.5 Å². The van der Waals surface area contributed by atoms with E-state index >= 15 is 0 Å². The molecule has 0 aliphatic heterocycles. The van der Waals surface area contributed by atoms with E-state index in [0.29, 0.717) is 11.4 Å². The molecule has 0 spiro atoms. The number of benzene rings is 2. The van der Waals surface area contributed by atoms with Crippen molar-refractivity contribution in [2.75, 3.05) is 19.0 Å². The Hall–Kier alpha value is -2.56. The molecule has 110 valence electrons. The zero-order chi connectivity index (χ0) is 15.2. The SMILES string of the molecule is COc1ccc(NC(=O)COc2cccc(C)c2)cc1F. The van der Waals surface area contributed by atoms with Gasteiger partial charge in [-0.2, -0.15) is 0 Å². The van der Waals surface area contributed by atoms with Crippen molar-refractivity contribution < 1.29 is 18.7 Å². The maximum Gasteiger partial charge on any atom is 0.262 e. The molecule has 2 aromatic carbocycles. The Labute approximate surface area is 122 Å². The van der Waals surface area contributed by atoms with Crippen molar-refractivity contribution in [1.29, 1.82) is 0 Å². The molecule has 0 aliphatic carbocycles. The maximum absolute atomic E-state index is 13.5. The summed E-state index contributed by atoms with van der Waals surface area (Å²) >= 11 is 0. The van der Waals surface area contributed by atoms with Crippen LogP contribution in [-0.2, 0) is 4.79 Å². The lowest BCUT2D eigenvalue weighted by Crippen LogP contribution is -2.20. The Kier molecular flexibility index (Phi) is 4.77. The number of aryl methyl sites for hydroxylation is 1. The van der Waals surface area contributed by atoms with Crippen molar-refractivity contribution in [1.82, 2.24) is 0 Å².